The van der Waals surface area contributed by atoms with Crippen LogP contribution in [0.4, 0.5) is 11.9 Å². The molecule has 1 aliphatic rings. The van der Waals surface area contributed by atoms with Gasteiger partial charge in [0.05, 0.1) is 0 Å². The van der Waals surface area contributed by atoms with Gasteiger partial charge in [0, 0.05) is 42.1 Å². The van der Waals surface area contributed by atoms with Crippen molar-refractivity contribution in [2.24, 2.45) is 0 Å². The SMILES string of the molecule is CC(C)n1nnc2ccc3cnc(NC4CCC(Nc5ncccn5)CC4)nc3c21. The highest BCUT2D eigenvalue weighted by Crippen LogP contribution is 2.27. The van der Waals surface area contributed by atoms with E-state index >= 15 is 0 Å². The molecule has 0 atom stereocenters. The lowest BCUT2D eigenvalue weighted by Gasteiger charge is -2.29. The second kappa shape index (κ2) is 7.81. The average Bonchev–Trinajstić information content (AvgIpc) is 3.21. The zero-order chi connectivity index (χ0) is 20.5. The molecular weight excluding hydrogens is 378 g/mol. The standard InChI is InChI=1S/C21H25N9/c1-13(2)30-19-17(28-29-30)9-4-14-12-24-21(27-18(14)19)26-16-7-5-15(6-8-16)25-20-22-10-3-11-23-20/h3-4,9-13,15-16H,5-8H2,1-2H3,(H,22,23,25)(H,24,26,27). The number of nitrogens with zero attached hydrogens (tertiary/aromatic N) is 7. The topological polar surface area (TPSA) is 106 Å². The van der Waals surface area contributed by atoms with E-state index in [1.165, 1.54) is 0 Å². The van der Waals surface area contributed by atoms with Gasteiger partial charge in [-0.25, -0.2) is 24.6 Å². The van der Waals surface area contributed by atoms with Crippen molar-refractivity contribution in [3.63, 3.8) is 0 Å². The smallest absolute Gasteiger partial charge is 0.223 e. The van der Waals surface area contributed by atoms with Crippen molar-refractivity contribution in [2.75, 3.05) is 10.6 Å². The van der Waals surface area contributed by atoms with Crippen LogP contribution in [0.3, 0.4) is 0 Å². The zero-order valence-corrected chi connectivity index (χ0v) is 17.2. The minimum absolute atomic E-state index is 0.211. The van der Waals surface area contributed by atoms with E-state index in [1.807, 2.05) is 29.1 Å². The summed E-state index contributed by atoms with van der Waals surface area (Å²) < 4.78 is 1.93. The minimum Gasteiger partial charge on any atom is -0.351 e. The van der Waals surface area contributed by atoms with Crippen LogP contribution in [0, 0.1) is 0 Å². The van der Waals surface area contributed by atoms with Crippen LogP contribution in [0.5, 0.6) is 0 Å². The van der Waals surface area contributed by atoms with Gasteiger partial charge in [0.25, 0.3) is 0 Å². The fraction of sp³-hybridized carbons (Fsp3) is 0.429. The Labute approximate surface area is 174 Å². The van der Waals surface area contributed by atoms with E-state index in [0.29, 0.717) is 24.0 Å². The Morgan fingerprint density at radius 2 is 1.63 bits per heavy atom. The van der Waals surface area contributed by atoms with Gasteiger partial charge in [-0.3, -0.25) is 0 Å². The van der Waals surface area contributed by atoms with Gasteiger partial charge in [0.15, 0.2) is 0 Å². The van der Waals surface area contributed by atoms with Crippen LogP contribution in [0.25, 0.3) is 21.9 Å². The summed E-state index contributed by atoms with van der Waals surface area (Å²) in [6.45, 7) is 4.19. The van der Waals surface area contributed by atoms with Crippen LogP contribution in [0.15, 0.2) is 36.8 Å². The Hall–Kier alpha value is -3.36. The van der Waals surface area contributed by atoms with Crippen LogP contribution < -0.4 is 10.6 Å². The molecule has 0 saturated heterocycles. The van der Waals surface area contributed by atoms with E-state index in [9.17, 15) is 0 Å². The summed E-state index contributed by atoms with van der Waals surface area (Å²) in [5, 5.41) is 16.5. The monoisotopic (exact) mass is 403 g/mol. The third-order valence-corrected chi connectivity index (χ3v) is 5.63. The molecule has 30 heavy (non-hydrogen) atoms. The molecule has 154 valence electrons. The number of aromatic nitrogens is 7. The van der Waals surface area contributed by atoms with Gasteiger partial charge in [-0.05, 0) is 57.7 Å². The Morgan fingerprint density at radius 3 is 2.33 bits per heavy atom. The molecule has 5 rings (SSSR count). The predicted molar refractivity (Wildman–Crippen MR) is 116 cm³/mol. The molecule has 1 aromatic carbocycles. The Kier molecular flexibility index (Phi) is 4.86. The highest BCUT2D eigenvalue weighted by Gasteiger charge is 2.22. The minimum atomic E-state index is 0.211. The van der Waals surface area contributed by atoms with E-state index in [-0.39, 0.29) is 6.04 Å². The number of hydrogen-bond donors (Lipinski definition) is 2. The number of fused-ring (bicyclic) bond motifs is 3. The van der Waals surface area contributed by atoms with Crippen LogP contribution in [-0.4, -0.2) is 47.0 Å². The van der Waals surface area contributed by atoms with Gasteiger partial charge >= 0.3 is 0 Å². The van der Waals surface area contributed by atoms with Crippen molar-refractivity contribution in [1.82, 2.24) is 34.9 Å². The summed E-state index contributed by atoms with van der Waals surface area (Å²) in [5.74, 6) is 1.36. The molecular formula is C21H25N9. The van der Waals surface area contributed by atoms with E-state index in [2.05, 4.69) is 49.7 Å². The lowest BCUT2D eigenvalue weighted by molar-refractivity contribution is 0.426. The van der Waals surface area contributed by atoms with E-state index in [1.54, 1.807) is 12.4 Å². The Morgan fingerprint density at radius 1 is 0.933 bits per heavy atom. The first-order valence-electron chi connectivity index (χ1n) is 10.5. The first kappa shape index (κ1) is 18.7. The Balaban J connectivity index is 1.31. The van der Waals surface area contributed by atoms with E-state index < -0.39 is 0 Å². The summed E-state index contributed by atoms with van der Waals surface area (Å²) in [7, 11) is 0. The van der Waals surface area contributed by atoms with Gasteiger partial charge in [-0.15, -0.1) is 5.10 Å². The van der Waals surface area contributed by atoms with E-state index in [4.69, 9.17) is 4.98 Å². The summed E-state index contributed by atoms with van der Waals surface area (Å²) in [4.78, 5) is 17.9. The fourth-order valence-electron chi connectivity index (χ4n) is 4.07. The van der Waals surface area contributed by atoms with Crippen LogP contribution in [0.2, 0.25) is 0 Å². The first-order valence-corrected chi connectivity index (χ1v) is 10.5. The van der Waals surface area contributed by atoms with Crippen molar-refractivity contribution in [1.29, 1.82) is 0 Å². The van der Waals surface area contributed by atoms with Gasteiger partial charge in [0.1, 0.15) is 16.6 Å². The van der Waals surface area contributed by atoms with Crippen molar-refractivity contribution < 1.29 is 0 Å². The lowest BCUT2D eigenvalue weighted by Crippen LogP contribution is -2.33. The predicted octanol–water partition coefficient (Wildman–Crippen LogP) is 3.58. The molecule has 0 aliphatic heterocycles. The third kappa shape index (κ3) is 3.62. The van der Waals surface area contributed by atoms with Crippen molar-refractivity contribution >= 4 is 33.8 Å². The molecule has 1 fully saturated rings. The second-order valence-corrected chi connectivity index (χ2v) is 8.10. The van der Waals surface area contributed by atoms with E-state index in [0.717, 1.165) is 47.6 Å². The molecule has 3 aromatic heterocycles. The normalized spacial score (nSPS) is 19.4. The summed E-state index contributed by atoms with van der Waals surface area (Å²) in [6.07, 6.45) is 9.59. The third-order valence-electron chi connectivity index (χ3n) is 5.63. The number of hydrogen-bond acceptors (Lipinski definition) is 8. The molecule has 0 radical (unpaired) electrons. The largest absolute Gasteiger partial charge is 0.351 e. The van der Waals surface area contributed by atoms with Gasteiger partial charge in [-0.1, -0.05) is 5.21 Å². The second-order valence-electron chi connectivity index (χ2n) is 8.10. The number of nitrogens with one attached hydrogen (secondary N) is 2. The molecule has 2 N–H and O–H groups in total. The summed E-state index contributed by atoms with van der Waals surface area (Å²) >= 11 is 0. The molecule has 0 unspecified atom stereocenters. The lowest BCUT2D eigenvalue weighted by atomic mass is 9.91. The molecule has 1 aliphatic carbocycles. The fourth-order valence-corrected chi connectivity index (χ4v) is 4.07. The van der Waals surface area contributed by atoms with Gasteiger partial charge in [0.2, 0.25) is 11.9 Å². The quantitative estimate of drug-likeness (QED) is 0.521. The van der Waals surface area contributed by atoms with Crippen molar-refractivity contribution in [3.8, 4) is 0 Å². The number of rotatable bonds is 5. The Bertz CT molecular complexity index is 1150. The molecule has 9 heteroatoms. The summed E-state index contributed by atoms with van der Waals surface area (Å²) in [5.41, 5.74) is 2.71. The molecule has 0 bridgehead atoms. The number of anilines is 2. The van der Waals surface area contributed by atoms with Crippen molar-refractivity contribution in [3.05, 3.63) is 36.8 Å². The highest BCUT2D eigenvalue weighted by atomic mass is 15.4. The van der Waals surface area contributed by atoms with Gasteiger partial charge < -0.3 is 10.6 Å². The molecule has 0 spiro atoms. The summed E-state index contributed by atoms with van der Waals surface area (Å²) in [6, 6.07) is 6.77. The molecule has 9 nitrogen and oxygen atoms in total. The molecule has 4 aromatic rings. The first-order chi connectivity index (χ1) is 14.7. The maximum absolute atomic E-state index is 4.84. The maximum atomic E-state index is 4.84. The van der Waals surface area contributed by atoms with Crippen LogP contribution >= 0.6 is 0 Å². The van der Waals surface area contributed by atoms with Gasteiger partial charge in [-0.2, -0.15) is 0 Å². The zero-order valence-electron chi connectivity index (χ0n) is 17.2. The van der Waals surface area contributed by atoms with Crippen LogP contribution in [0.1, 0.15) is 45.6 Å². The molecule has 1 saturated carbocycles. The average molecular weight is 403 g/mol. The molecule has 0 amide bonds. The van der Waals surface area contributed by atoms with Crippen LogP contribution in [-0.2, 0) is 0 Å². The van der Waals surface area contributed by atoms with Crippen molar-refractivity contribution in [2.45, 2.75) is 57.7 Å². The maximum Gasteiger partial charge on any atom is 0.223 e. The molecule has 3 heterocycles. The number of benzene rings is 1. The highest BCUT2D eigenvalue weighted by molar-refractivity contribution is 6.01.